The highest BCUT2D eigenvalue weighted by Gasteiger charge is 2.24. The summed E-state index contributed by atoms with van der Waals surface area (Å²) < 4.78 is 18.9. The summed E-state index contributed by atoms with van der Waals surface area (Å²) in [4.78, 5) is 23.2. The predicted octanol–water partition coefficient (Wildman–Crippen LogP) is 2.86. The zero-order valence-electron chi connectivity index (χ0n) is 11.8. The molecule has 0 spiro atoms. The van der Waals surface area contributed by atoms with Crippen LogP contribution in [-0.4, -0.2) is 23.0 Å². The van der Waals surface area contributed by atoms with Gasteiger partial charge in [0.15, 0.2) is 17.2 Å². The number of fused-ring (bicyclic) bond motifs is 1. The number of amides is 1. The largest absolute Gasteiger partial charge is 0.480 e. The zero-order chi connectivity index (χ0) is 15.6. The van der Waals surface area contributed by atoms with Crippen LogP contribution in [0.2, 0.25) is 0 Å². The molecule has 1 heterocycles. The summed E-state index contributed by atoms with van der Waals surface area (Å²) >= 11 is 0. The molecule has 0 aliphatic carbocycles. The van der Waals surface area contributed by atoms with Crippen molar-refractivity contribution >= 4 is 22.8 Å². The summed E-state index contributed by atoms with van der Waals surface area (Å²) in [7, 11) is 0. The van der Waals surface area contributed by atoms with Crippen molar-refractivity contribution < 1.29 is 23.5 Å². The number of rotatable bonds is 5. The molecule has 0 unspecified atom stereocenters. The lowest BCUT2D eigenvalue weighted by molar-refractivity contribution is -0.139. The number of furan rings is 1. The van der Waals surface area contributed by atoms with E-state index in [1.807, 2.05) is 6.92 Å². The standard InChI is InChI=1S/C15H16FNO4/c1-3-5-11(15(19)20)17-14(18)12-8(2)9-6-4-7-10(16)13(9)21-12/h4,6-7,11H,3,5H2,1-2H3,(H,17,18)(H,19,20)/t11-/m0/s1. The van der Waals surface area contributed by atoms with E-state index in [1.54, 1.807) is 13.0 Å². The van der Waals surface area contributed by atoms with Crippen molar-refractivity contribution in [2.75, 3.05) is 0 Å². The molecule has 112 valence electrons. The lowest BCUT2D eigenvalue weighted by atomic mass is 10.1. The Morgan fingerprint density at radius 2 is 2.14 bits per heavy atom. The zero-order valence-corrected chi connectivity index (χ0v) is 11.8. The van der Waals surface area contributed by atoms with Gasteiger partial charge < -0.3 is 14.8 Å². The van der Waals surface area contributed by atoms with Crippen LogP contribution in [0.1, 0.15) is 35.9 Å². The maximum Gasteiger partial charge on any atom is 0.326 e. The number of hydrogen-bond acceptors (Lipinski definition) is 3. The van der Waals surface area contributed by atoms with Crippen LogP contribution < -0.4 is 5.32 Å². The minimum absolute atomic E-state index is 0.00233. The van der Waals surface area contributed by atoms with E-state index < -0.39 is 23.7 Å². The highest BCUT2D eigenvalue weighted by molar-refractivity contribution is 6.00. The maximum atomic E-state index is 13.6. The van der Waals surface area contributed by atoms with Crippen molar-refractivity contribution in [2.24, 2.45) is 0 Å². The van der Waals surface area contributed by atoms with Gasteiger partial charge in [-0.25, -0.2) is 9.18 Å². The molecule has 2 N–H and O–H groups in total. The van der Waals surface area contributed by atoms with Crippen molar-refractivity contribution in [1.82, 2.24) is 5.32 Å². The Morgan fingerprint density at radius 3 is 2.71 bits per heavy atom. The van der Waals surface area contributed by atoms with Crippen molar-refractivity contribution in [3.05, 3.63) is 35.3 Å². The van der Waals surface area contributed by atoms with Crippen LogP contribution in [0.4, 0.5) is 4.39 Å². The molecule has 0 bridgehead atoms. The smallest absolute Gasteiger partial charge is 0.326 e. The summed E-state index contributed by atoms with van der Waals surface area (Å²) in [5.41, 5.74) is 0.491. The third-order valence-electron chi connectivity index (χ3n) is 3.30. The third-order valence-corrected chi connectivity index (χ3v) is 3.30. The van der Waals surface area contributed by atoms with Crippen LogP contribution in [0.5, 0.6) is 0 Å². The van der Waals surface area contributed by atoms with Crippen LogP contribution >= 0.6 is 0 Å². The Labute approximate surface area is 120 Å². The summed E-state index contributed by atoms with van der Waals surface area (Å²) in [5, 5.41) is 12.0. The number of carboxylic acids is 1. The fourth-order valence-corrected chi connectivity index (χ4v) is 2.20. The van der Waals surface area contributed by atoms with Gasteiger partial charge in [-0.3, -0.25) is 4.79 Å². The Bertz CT molecular complexity index is 692. The number of carbonyl (C=O) groups is 2. The number of para-hydroxylation sites is 1. The first-order chi connectivity index (χ1) is 9.95. The quantitative estimate of drug-likeness (QED) is 0.888. The van der Waals surface area contributed by atoms with E-state index in [1.165, 1.54) is 12.1 Å². The summed E-state index contributed by atoms with van der Waals surface area (Å²) in [6.07, 6.45) is 0.930. The Kier molecular flexibility index (Phi) is 4.26. The second kappa shape index (κ2) is 5.95. The van der Waals surface area contributed by atoms with Crippen LogP contribution in [0.15, 0.2) is 22.6 Å². The van der Waals surface area contributed by atoms with Crippen molar-refractivity contribution in [2.45, 2.75) is 32.7 Å². The van der Waals surface area contributed by atoms with E-state index in [0.29, 0.717) is 23.8 Å². The van der Waals surface area contributed by atoms with Gasteiger partial charge in [-0.05, 0) is 19.4 Å². The molecule has 5 nitrogen and oxygen atoms in total. The Hall–Kier alpha value is -2.37. The normalized spacial score (nSPS) is 12.3. The minimum atomic E-state index is -1.11. The van der Waals surface area contributed by atoms with Gasteiger partial charge in [0.05, 0.1) is 0 Å². The van der Waals surface area contributed by atoms with Gasteiger partial charge in [-0.1, -0.05) is 25.5 Å². The number of halogens is 1. The molecule has 0 saturated carbocycles. The molecular formula is C15H16FNO4. The second-order valence-corrected chi connectivity index (χ2v) is 4.83. The lowest BCUT2D eigenvalue weighted by Crippen LogP contribution is -2.40. The fourth-order valence-electron chi connectivity index (χ4n) is 2.20. The van der Waals surface area contributed by atoms with Gasteiger partial charge in [-0.15, -0.1) is 0 Å². The van der Waals surface area contributed by atoms with E-state index in [-0.39, 0.29) is 11.3 Å². The lowest BCUT2D eigenvalue weighted by Gasteiger charge is -2.12. The van der Waals surface area contributed by atoms with Crippen molar-refractivity contribution in [1.29, 1.82) is 0 Å². The second-order valence-electron chi connectivity index (χ2n) is 4.83. The third kappa shape index (κ3) is 2.89. The topological polar surface area (TPSA) is 79.5 Å². The molecule has 0 aliphatic heterocycles. The number of nitrogens with one attached hydrogen (secondary N) is 1. The molecule has 2 rings (SSSR count). The number of aryl methyl sites for hydroxylation is 1. The molecule has 0 aliphatic rings. The van der Waals surface area contributed by atoms with Gasteiger partial charge >= 0.3 is 5.97 Å². The van der Waals surface area contributed by atoms with Crippen molar-refractivity contribution in [3.63, 3.8) is 0 Å². The van der Waals surface area contributed by atoms with Gasteiger partial charge in [0, 0.05) is 10.9 Å². The van der Waals surface area contributed by atoms with Gasteiger partial charge in [0.2, 0.25) is 0 Å². The van der Waals surface area contributed by atoms with E-state index in [9.17, 15) is 14.0 Å². The first kappa shape index (κ1) is 15.0. The first-order valence-corrected chi connectivity index (χ1v) is 6.67. The van der Waals surface area contributed by atoms with Crippen molar-refractivity contribution in [3.8, 4) is 0 Å². The van der Waals surface area contributed by atoms with E-state index in [0.717, 1.165) is 0 Å². The minimum Gasteiger partial charge on any atom is -0.480 e. The summed E-state index contributed by atoms with van der Waals surface area (Å²) in [6.45, 7) is 3.46. The van der Waals surface area contributed by atoms with E-state index in [4.69, 9.17) is 9.52 Å². The highest BCUT2D eigenvalue weighted by atomic mass is 19.1. The van der Waals surface area contributed by atoms with Crippen LogP contribution in [-0.2, 0) is 4.79 Å². The van der Waals surface area contributed by atoms with E-state index >= 15 is 0 Å². The number of hydrogen-bond donors (Lipinski definition) is 2. The Balaban J connectivity index is 2.33. The average Bonchev–Trinajstić information content (AvgIpc) is 2.77. The molecule has 1 amide bonds. The number of carbonyl (C=O) groups excluding carboxylic acids is 1. The average molecular weight is 293 g/mol. The van der Waals surface area contributed by atoms with Crippen LogP contribution in [0, 0.1) is 12.7 Å². The summed E-state index contributed by atoms with van der Waals surface area (Å²) in [6, 6.07) is 3.43. The molecule has 0 saturated heterocycles. The molecule has 2 aromatic rings. The monoisotopic (exact) mass is 293 g/mol. The van der Waals surface area contributed by atoms with E-state index in [2.05, 4.69) is 5.32 Å². The number of aliphatic carboxylic acids is 1. The number of carboxylic acid groups (broad SMARTS) is 1. The molecule has 1 aromatic carbocycles. The van der Waals surface area contributed by atoms with Gasteiger partial charge in [-0.2, -0.15) is 0 Å². The molecule has 1 aromatic heterocycles. The Morgan fingerprint density at radius 1 is 1.43 bits per heavy atom. The molecule has 0 fully saturated rings. The molecule has 21 heavy (non-hydrogen) atoms. The highest BCUT2D eigenvalue weighted by Crippen LogP contribution is 2.27. The SMILES string of the molecule is CCC[C@H](NC(=O)c1oc2c(F)cccc2c1C)C(=O)O. The first-order valence-electron chi connectivity index (χ1n) is 6.67. The van der Waals surface area contributed by atoms with Crippen LogP contribution in [0.25, 0.3) is 11.0 Å². The van der Waals surface area contributed by atoms with Gasteiger partial charge in [0.1, 0.15) is 6.04 Å². The molecule has 0 radical (unpaired) electrons. The fraction of sp³-hybridized carbons (Fsp3) is 0.333. The van der Waals surface area contributed by atoms with Gasteiger partial charge in [0.25, 0.3) is 5.91 Å². The molecule has 1 atom stereocenters. The summed E-state index contributed by atoms with van der Waals surface area (Å²) in [5.74, 6) is -2.37. The predicted molar refractivity (Wildman–Crippen MR) is 74.7 cm³/mol. The molecular weight excluding hydrogens is 277 g/mol. The molecule has 6 heteroatoms. The number of benzene rings is 1. The van der Waals surface area contributed by atoms with Crippen LogP contribution in [0.3, 0.4) is 0 Å². The maximum absolute atomic E-state index is 13.6.